The molecule has 1 amide bonds. The van der Waals surface area contributed by atoms with Gasteiger partial charge >= 0.3 is 0 Å². The Balaban J connectivity index is 2.11. The highest BCUT2D eigenvalue weighted by Crippen LogP contribution is 2.17. The first-order valence-corrected chi connectivity index (χ1v) is 5.82. The van der Waals surface area contributed by atoms with Gasteiger partial charge < -0.3 is 15.6 Å². The number of primary amides is 1. The Morgan fingerprint density at radius 3 is 2.72 bits per heavy atom. The average Bonchev–Trinajstić information content (AvgIpc) is 2.73. The number of carbonyl (C=O) groups is 1. The van der Waals surface area contributed by atoms with Crippen LogP contribution in [0.3, 0.4) is 0 Å². The van der Waals surface area contributed by atoms with Crippen LogP contribution in [0.5, 0.6) is 0 Å². The minimum atomic E-state index is -0.396. The van der Waals surface area contributed by atoms with Crippen molar-refractivity contribution < 1.29 is 4.79 Å². The molecule has 0 radical (unpaired) electrons. The number of rotatable bonds is 4. The molecule has 94 valence electrons. The van der Waals surface area contributed by atoms with Crippen LogP contribution < -0.4 is 11.1 Å². The maximum atomic E-state index is 11.1. The summed E-state index contributed by atoms with van der Waals surface area (Å²) in [5.74, 6) is -0.396. The lowest BCUT2D eigenvalue weighted by molar-refractivity contribution is 0.1000. The predicted octanol–water partition coefficient (Wildman–Crippen LogP) is 2.04. The summed E-state index contributed by atoms with van der Waals surface area (Å²) in [4.78, 5) is 11.1. The third kappa shape index (κ3) is 2.53. The average molecular weight is 243 g/mol. The molecule has 0 saturated heterocycles. The van der Waals surface area contributed by atoms with E-state index in [1.54, 1.807) is 12.1 Å². The van der Waals surface area contributed by atoms with Crippen molar-refractivity contribution in [1.29, 1.82) is 0 Å². The maximum absolute atomic E-state index is 11.1. The Morgan fingerprint density at radius 2 is 2.17 bits per heavy atom. The molecule has 18 heavy (non-hydrogen) atoms. The molecule has 1 aromatic carbocycles. The number of anilines is 1. The molecule has 1 heterocycles. The summed E-state index contributed by atoms with van der Waals surface area (Å²) in [5.41, 5.74) is 9.01. The van der Waals surface area contributed by atoms with Crippen LogP contribution in [-0.4, -0.2) is 10.5 Å². The van der Waals surface area contributed by atoms with Gasteiger partial charge in [-0.05, 0) is 42.8 Å². The maximum Gasteiger partial charge on any atom is 0.248 e. The molecule has 2 aromatic rings. The molecule has 0 bridgehead atoms. The predicted molar refractivity (Wildman–Crippen MR) is 72.4 cm³/mol. The summed E-state index contributed by atoms with van der Waals surface area (Å²) in [7, 11) is 2.01. The Kier molecular flexibility index (Phi) is 3.37. The van der Waals surface area contributed by atoms with Crippen molar-refractivity contribution >= 4 is 11.6 Å². The third-order valence-electron chi connectivity index (χ3n) is 3.02. The van der Waals surface area contributed by atoms with Gasteiger partial charge in [0.1, 0.15) is 0 Å². The van der Waals surface area contributed by atoms with Crippen LogP contribution in [0.25, 0.3) is 0 Å². The molecular weight excluding hydrogens is 226 g/mol. The van der Waals surface area contributed by atoms with Crippen LogP contribution in [0.1, 0.15) is 21.6 Å². The van der Waals surface area contributed by atoms with Crippen LogP contribution in [-0.2, 0) is 13.6 Å². The molecule has 0 atom stereocenters. The summed E-state index contributed by atoms with van der Waals surface area (Å²) in [6.45, 7) is 2.71. The lowest BCUT2D eigenvalue weighted by Gasteiger charge is -2.11. The Morgan fingerprint density at radius 1 is 1.39 bits per heavy atom. The molecule has 0 saturated carbocycles. The van der Waals surface area contributed by atoms with Gasteiger partial charge in [0.25, 0.3) is 0 Å². The van der Waals surface area contributed by atoms with Crippen molar-refractivity contribution in [3.8, 4) is 0 Å². The van der Waals surface area contributed by atoms with Crippen LogP contribution in [0, 0.1) is 6.92 Å². The van der Waals surface area contributed by atoms with Gasteiger partial charge in [-0.25, -0.2) is 0 Å². The van der Waals surface area contributed by atoms with Gasteiger partial charge in [-0.2, -0.15) is 0 Å². The summed E-state index contributed by atoms with van der Waals surface area (Å²) in [6, 6.07) is 9.51. The number of hydrogen-bond acceptors (Lipinski definition) is 2. The standard InChI is InChI=1S/C14H17N3O/c1-10-8-11(14(15)18)5-6-13(10)16-9-12-4-3-7-17(12)2/h3-8,16H,9H2,1-2H3,(H2,15,18). The van der Waals surface area contributed by atoms with Gasteiger partial charge in [-0.3, -0.25) is 4.79 Å². The summed E-state index contributed by atoms with van der Waals surface area (Å²) in [6.07, 6.45) is 2.01. The van der Waals surface area contributed by atoms with Gasteiger partial charge in [-0.15, -0.1) is 0 Å². The van der Waals surface area contributed by atoms with Crippen molar-refractivity contribution in [3.05, 3.63) is 53.3 Å². The van der Waals surface area contributed by atoms with E-state index in [4.69, 9.17) is 5.73 Å². The number of aromatic nitrogens is 1. The highest BCUT2D eigenvalue weighted by atomic mass is 16.1. The summed E-state index contributed by atoms with van der Waals surface area (Å²) >= 11 is 0. The fourth-order valence-electron chi connectivity index (χ4n) is 1.88. The lowest BCUT2D eigenvalue weighted by Crippen LogP contribution is -2.11. The van der Waals surface area contributed by atoms with E-state index in [0.29, 0.717) is 5.56 Å². The van der Waals surface area contributed by atoms with E-state index < -0.39 is 5.91 Å². The van der Waals surface area contributed by atoms with Crippen LogP contribution in [0.15, 0.2) is 36.5 Å². The Labute approximate surface area is 106 Å². The largest absolute Gasteiger partial charge is 0.379 e. The highest BCUT2D eigenvalue weighted by molar-refractivity contribution is 5.93. The second-order valence-corrected chi connectivity index (χ2v) is 4.36. The second-order valence-electron chi connectivity index (χ2n) is 4.36. The first kappa shape index (κ1) is 12.2. The van der Waals surface area contributed by atoms with Crippen LogP contribution in [0.2, 0.25) is 0 Å². The van der Waals surface area contributed by atoms with E-state index >= 15 is 0 Å². The van der Waals surface area contributed by atoms with E-state index in [2.05, 4.69) is 16.0 Å². The molecule has 2 rings (SSSR count). The zero-order valence-electron chi connectivity index (χ0n) is 10.6. The smallest absolute Gasteiger partial charge is 0.248 e. The van der Waals surface area contributed by atoms with E-state index in [0.717, 1.165) is 17.8 Å². The van der Waals surface area contributed by atoms with Crippen molar-refractivity contribution in [2.75, 3.05) is 5.32 Å². The Bertz CT molecular complexity index is 572. The fraction of sp³-hybridized carbons (Fsp3) is 0.214. The van der Waals surface area contributed by atoms with Crippen molar-refractivity contribution in [1.82, 2.24) is 4.57 Å². The molecule has 0 aliphatic carbocycles. The molecule has 0 aliphatic rings. The summed E-state index contributed by atoms with van der Waals surface area (Å²) < 4.78 is 2.07. The molecular formula is C14H17N3O. The van der Waals surface area contributed by atoms with Gasteiger partial charge in [0.2, 0.25) is 5.91 Å². The zero-order valence-corrected chi connectivity index (χ0v) is 10.6. The van der Waals surface area contributed by atoms with Crippen LogP contribution >= 0.6 is 0 Å². The molecule has 0 unspecified atom stereocenters. The topological polar surface area (TPSA) is 60.1 Å². The minimum absolute atomic E-state index is 0.396. The normalized spacial score (nSPS) is 10.3. The number of nitrogens with zero attached hydrogens (tertiary/aromatic N) is 1. The number of amides is 1. The Hall–Kier alpha value is -2.23. The van der Waals surface area contributed by atoms with Gasteiger partial charge in [0.05, 0.1) is 6.54 Å². The molecule has 0 fully saturated rings. The number of benzene rings is 1. The molecule has 0 aliphatic heterocycles. The minimum Gasteiger partial charge on any atom is -0.379 e. The molecule has 4 nitrogen and oxygen atoms in total. The number of nitrogens with two attached hydrogens (primary N) is 1. The first-order chi connectivity index (χ1) is 8.58. The highest BCUT2D eigenvalue weighted by Gasteiger charge is 2.04. The van der Waals surface area contributed by atoms with E-state index in [-0.39, 0.29) is 0 Å². The van der Waals surface area contributed by atoms with Crippen molar-refractivity contribution in [3.63, 3.8) is 0 Å². The van der Waals surface area contributed by atoms with E-state index in [9.17, 15) is 4.79 Å². The molecule has 4 heteroatoms. The number of nitrogens with one attached hydrogen (secondary N) is 1. The van der Waals surface area contributed by atoms with Gasteiger partial charge in [-0.1, -0.05) is 0 Å². The molecule has 3 N–H and O–H groups in total. The van der Waals surface area contributed by atoms with Gasteiger partial charge in [0.15, 0.2) is 0 Å². The quantitative estimate of drug-likeness (QED) is 0.863. The fourth-order valence-corrected chi connectivity index (χ4v) is 1.88. The number of aryl methyl sites for hydroxylation is 2. The zero-order chi connectivity index (χ0) is 13.1. The second kappa shape index (κ2) is 4.96. The molecule has 0 spiro atoms. The monoisotopic (exact) mass is 243 g/mol. The van der Waals surface area contributed by atoms with Gasteiger partial charge in [0, 0.05) is 30.2 Å². The van der Waals surface area contributed by atoms with Crippen molar-refractivity contribution in [2.45, 2.75) is 13.5 Å². The SMILES string of the molecule is Cc1cc(C(N)=O)ccc1NCc1cccn1C. The molecule has 1 aromatic heterocycles. The first-order valence-electron chi connectivity index (χ1n) is 5.82. The number of hydrogen-bond donors (Lipinski definition) is 2. The van der Waals surface area contributed by atoms with E-state index in [1.807, 2.05) is 32.3 Å². The van der Waals surface area contributed by atoms with Crippen LogP contribution in [0.4, 0.5) is 5.69 Å². The third-order valence-corrected chi connectivity index (χ3v) is 3.02. The van der Waals surface area contributed by atoms with Crippen molar-refractivity contribution in [2.24, 2.45) is 12.8 Å². The lowest BCUT2D eigenvalue weighted by atomic mass is 10.1. The summed E-state index contributed by atoms with van der Waals surface area (Å²) in [5, 5.41) is 3.35. The van der Waals surface area contributed by atoms with E-state index in [1.165, 1.54) is 5.69 Å². The number of carbonyl (C=O) groups excluding carboxylic acids is 1.